The molecule has 0 amide bonds. The standard InChI is InChI=1S/GeH4.H3O4P.H/c;1-5(2,3)4;/h1H4;(H3,1,2,3,4);/q;;-1. The number of phosphoric acid groups is 1. The van der Waals surface area contributed by atoms with E-state index in [-0.39, 0.29) is 19.0 Å². The second-order valence-electron chi connectivity index (χ2n) is 0.513. The summed E-state index contributed by atoms with van der Waals surface area (Å²) in [6.45, 7) is 0. The van der Waals surface area contributed by atoms with E-state index in [0.29, 0.717) is 0 Å². The van der Waals surface area contributed by atoms with Crippen LogP contribution in [0.4, 0.5) is 0 Å². The van der Waals surface area contributed by atoms with Crippen molar-refractivity contribution in [2.75, 3.05) is 0 Å². The van der Waals surface area contributed by atoms with Crippen LogP contribution in [0.3, 0.4) is 0 Å². The number of hydrogen-bond donors (Lipinski definition) is 3. The van der Waals surface area contributed by atoms with Crippen molar-refractivity contribution in [2.45, 2.75) is 0 Å². The molecule has 0 aliphatic carbocycles. The molecule has 0 rings (SSSR count). The predicted octanol–water partition coefficient (Wildman–Crippen LogP) is -2.27. The summed E-state index contributed by atoms with van der Waals surface area (Å²) in [5, 5.41) is 0. The summed E-state index contributed by atoms with van der Waals surface area (Å²) < 4.78 is 8.88. The van der Waals surface area contributed by atoms with Gasteiger partial charge in [-0.3, -0.25) is 0 Å². The molecular formula is H8GeO4P-. The van der Waals surface area contributed by atoms with Gasteiger partial charge in [0.1, 0.15) is 0 Å². The van der Waals surface area contributed by atoms with Gasteiger partial charge in [0, 0.05) is 0 Å². The maximum absolute atomic E-state index is 8.88. The quantitative estimate of drug-likeness (QED) is 0.287. The molecule has 3 N–H and O–H groups in total. The fraction of sp³-hybridized carbons (Fsp3) is 0. The van der Waals surface area contributed by atoms with E-state index in [1.807, 2.05) is 0 Å². The van der Waals surface area contributed by atoms with E-state index >= 15 is 0 Å². The summed E-state index contributed by atoms with van der Waals surface area (Å²) >= 11 is 0. The fourth-order valence-electron chi connectivity index (χ4n) is 0. The molecule has 42 valence electrons. The Hall–Kier alpha value is 0.653. The summed E-state index contributed by atoms with van der Waals surface area (Å²) in [6, 6.07) is 0. The summed E-state index contributed by atoms with van der Waals surface area (Å²) in [5.41, 5.74) is 0. The minimum atomic E-state index is -4.64. The van der Waals surface area contributed by atoms with Crippen LogP contribution < -0.4 is 0 Å². The Morgan fingerprint density at radius 2 is 1.33 bits per heavy atom. The van der Waals surface area contributed by atoms with Crippen LogP contribution in [0.25, 0.3) is 0 Å². The van der Waals surface area contributed by atoms with Crippen molar-refractivity contribution >= 4 is 25.4 Å². The Bertz CT molecular complexity index is 57.8. The molecule has 0 aliphatic rings. The van der Waals surface area contributed by atoms with E-state index in [0.717, 1.165) is 0 Å². The molecule has 6 heteroatoms. The van der Waals surface area contributed by atoms with Gasteiger partial charge >= 0.3 is 25.4 Å². The smallest absolute Gasteiger partial charge is 1.00 e. The van der Waals surface area contributed by atoms with Crippen molar-refractivity contribution in [1.29, 1.82) is 0 Å². The summed E-state index contributed by atoms with van der Waals surface area (Å²) in [4.78, 5) is 21.6. The molecule has 0 heterocycles. The number of hydrogen-bond acceptors (Lipinski definition) is 1. The Morgan fingerprint density at radius 3 is 1.33 bits per heavy atom. The molecule has 6 heavy (non-hydrogen) atoms. The molecule has 4 nitrogen and oxygen atoms in total. The molecule has 0 fully saturated rings. The summed E-state index contributed by atoms with van der Waals surface area (Å²) in [6.07, 6.45) is 0. The molecule has 0 atom stereocenters. The largest absolute Gasteiger partial charge is 1.00 e. The summed E-state index contributed by atoms with van der Waals surface area (Å²) in [7, 11) is -4.64. The second kappa shape index (κ2) is 2.76. The van der Waals surface area contributed by atoms with Gasteiger partial charge in [0.15, 0.2) is 0 Å². The molecule has 0 saturated heterocycles. The number of rotatable bonds is 0. The first-order chi connectivity index (χ1) is 2.00. The van der Waals surface area contributed by atoms with Gasteiger partial charge in [-0.2, -0.15) is 0 Å². The molecule has 0 saturated carbocycles. The van der Waals surface area contributed by atoms with E-state index in [2.05, 4.69) is 0 Å². The normalized spacial score (nSPS) is 9.83. The van der Waals surface area contributed by atoms with Gasteiger partial charge < -0.3 is 16.1 Å². The second-order valence-corrected chi connectivity index (χ2v) is 1.54. The van der Waals surface area contributed by atoms with Crippen LogP contribution in [-0.4, -0.2) is 32.3 Å². The zero-order valence-electron chi connectivity index (χ0n) is 3.20. The Balaban J connectivity index is -0.0000000800. The topological polar surface area (TPSA) is 77.8 Å². The van der Waals surface area contributed by atoms with E-state index in [1.165, 1.54) is 0 Å². The molecule has 0 aromatic heterocycles. The van der Waals surface area contributed by atoms with Gasteiger partial charge in [0.2, 0.25) is 0 Å². The minimum Gasteiger partial charge on any atom is -1.00 e. The zero-order chi connectivity index (χ0) is 4.50. The van der Waals surface area contributed by atoms with Crippen molar-refractivity contribution in [3.63, 3.8) is 0 Å². The molecule has 0 aliphatic heterocycles. The van der Waals surface area contributed by atoms with Crippen LogP contribution >= 0.6 is 7.82 Å². The molecule has 0 unspecified atom stereocenters. The SMILES string of the molecule is O=P(O)(O)O.[GeH4].[H-]. The van der Waals surface area contributed by atoms with Gasteiger partial charge in [-0.05, 0) is 0 Å². The molecular weight excluding hydrogens is 168 g/mol. The van der Waals surface area contributed by atoms with Crippen molar-refractivity contribution in [3.05, 3.63) is 0 Å². The molecule has 0 bridgehead atoms. The third-order valence-electron chi connectivity index (χ3n) is 0. The van der Waals surface area contributed by atoms with E-state index in [1.54, 1.807) is 0 Å². The maximum Gasteiger partial charge on any atom is -1.00 e. The Morgan fingerprint density at radius 1 is 1.33 bits per heavy atom. The van der Waals surface area contributed by atoms with Crippen LogP contribution in [0.5, 0.6) is 0 Å². The van der Waals surface area contributed by atoms with Crippen molar-refractivity contribution < 1.29 is 20.7 Å². The van der Waals surface area contributed by atoms with Crippen LogP contribution in [0.2, 0.25) is 0 Å². The summed E-state index contributed by atoms with van der Waals surface area (Å²) in [5.74, 6) is 0. The van der Waals surface area contributed by atoms with E-state index in [9.17, 15) is 0 Å². The van der Waals surface area contributed by atoms with E-state index in [4.69, 9.17) is 19.2 Å². The zero-order valence-corrected chi connectivity index (χ0v) is 3.09. The first-order valence-electron chi connectivity index (χ1n) is 0.783. The van der Waals surface area contributed by atoms with Crippen LogP contribution in [0, 0.1) is 0 Å². The van der Waals surface area contributed by atoms with Gasteiger partial charge in [-0.25, -0.2) is 4.57 Å². The minimum absolute atomic E-state index is 0. The maximum atomic E-state index is 8.88. The van der Waals surface area contributed by atoms with Crippen molar-refractivity contribution in [1.82, 2.24) is 0 Å². The van der Waals surface area contributed by atoms with Crippen molar-refractivity contribution in [2.24, 2.45) is 0 Å². The first-order valence-corrected chi connectivity index (χ1v) is 2.35. The van der Waals surface area contributed by atoms with Crippen LogP contribution in [0.15, 0.2) is 0 Å². The Kier molecular flexibility index (Phi) is 4.53. The fourth-order valence-corrected chi connectivity index (χ4v) is 0. The third kappa shape index (κ3) is 146. The predicted molar refractivity (Wildman–Crippen MR) is 26.7 cm³/mol. The van der Waals surface area contributed by atoms with Gasteiger partial charge in [0.05, 0.1) is 0 Å². The first kappa shape index (κ1) is 9.82. The van der Waals surface area contributed by atoms with E-state index < -0.39 is 7.82 Å². The van der Waals surface area contributed by atoms with Crippen LogP contribution in [0.1, 0.15) is 1.43 Å². The molecule has 0 aromatic rings. The molecule has 0 radical (unpaired) electrons. The van der Waals surface area contributed by atoms with Crippen LogP contribution in [-0.2, 0) is 4.57 Å². The van der Waals surface area contributed by atoms with Crippen molar-refractivity contribution in [3.8, 4) is 0 Å². The average Bonchev–Trinajstić information content (AvgIpc) is 0.722. The van der Waals surface area contributed by atoms with Gasteiger partial charge in [0.25, 0.3) is 0 Å². The van der Waals surface area contributed by atoms with Gasteiger partial charge in [-0.1, -0.05) is 0 Å². The third-order valence-corrected chi connectivity index (χ3v) is 0. The monoisotopic (exact) mass is 177 g/mol. The molecule has 0 spiro atoms. The average molecular weight is 176 g/mol. The Labute approximate surface area is 46.9 Å². The molecule has 0 aromatic carbocycles. The van der Waals surface area contributed by atoms with Gasteiger partial charge in [-0.15, -0.1) is 0 Å².